The number of amides is 3. The first-order valence-electron chi connectivity index (χ1n) is 8.25. The lowest BCUT2D eigenvalue weighted by Gasteiger charge is -2.10. The van der Waals surface area contributed by atoms with Gasteiger partial charge < -0.3 is 19.5 Å². The van der Waals surface area contributed by atoms with Crippen molar-refractivity contribution < 1.29 is 28.6 Å². The number of halogens is 1. The Morgan fingerprint density at radius 3 is 2.56 bits per heavy atom. The number of ether oxygens (including phenoxy) is 3. The molecule has 9 heteroatoms. The monoisotopic (exact) mass is 398 g/mol. The molecule has 1 aromatic rings. The van der Waals surface area contributed by atoms with Crippen LogP contribution in [0.4, 0.5) is 4.79 Å². The van der Waals surface area contributed by atoms with Gasteiger partial charge in [0.15, 0.2) is 18.1 Å². The Labute approximate surface area is 162 Å². The second kappa shape index (κ2) is 11.8. The number of imide groups is 1. The maximum atomic E-state index is 11.7. The van der Waals surface area contributed by atoms with Crippen LogP contribution in [0.5, 0.6) is 11.5 Å². The second-order valence-corrected chi connectivity index (χ2v) is 5.74. The van der Waals surface area contributed by atoms with Crippen molar-refractivity contribution in [1.29, 1.82) is 0 Å². The molecule has 0 bridgehead atoms. The number of carbonyl (C=O) groups is 3. The number of urea groups is 1. The molecule has 0 unspecified atom stereocenters. The van der Waals surface area contributed by atoms with Gasteiger partial charge in [-0.25, -0.2) is 9.59 Å². The number of nitrogens with one attached hydrogen (secondary N) is 2. The fraction of sp³-hybridized carbons (Fsp3) is 0.389. The van der Waals surface area contributed by atoms with E-state index in [2.05, 4.69) is 10.6 Å². The Balaban J connectivity index is 2.51. The van der Waals surface area contributed by atoms with E-state index in [0.717, 1.165) is 18.9 Å². The number of rotatable bonds is 9. The van der Waals surface area contributed by atoms with E-state index >= 15 is 0 Å². The van der Waals surface area contributed by atoms with Gasteiger partial charge in [0, 0.05) is 12.6 Å². The predicted octanol–water partition coefficient (Wildman–Crippen LogP) is 2.54. The van der Waals surface area contributed by atoms with Crippen LogP contribution in [0, 0.1) is 0 Å². The summed E-state index contributed by atoms with van der Waals surface area (Å²) in [6.07, 6.45) is 4.31. The van der Waals surface area contributed by atoms with E-state index in [0.29, 0.717) is 28.6 Å². The highest BCUT2D eigenvalue weighted by Crippen LogP contribution is 2.36. The van der Waals surface area contributed by atoms with Crippen LogP contribution < -0.4 is 20.1 Å². The molecule has 0 aromatic heterocycles. The van der Waals surface area contributed by atoms with E-state index in [-0.39, 0.29) is 0 Å². The van der Waals surface area contributed by atoms with Crippen molar-refractivity contribution in [3.8, 4) is 11.5 Å². The molecule has 0 radical (unpaired) electrons. The number of benzene rings is 1. The second-order valence-electron chi connectivity index (χ2n) is 5.34. The standard InChI is InChI=1S/C18H23ClN2O6/c1-4-5-8-20-18(24)21-15(22)11-27-16(23)7-6-12-9-13(19)17(26-3)14(10-12)25-2/h6-7,9-10H,4-5,8,11H2,1-3H3,(H2,20,21,22,24)/b7-6+. The van der Waals surface area contributed by atoms with Gasteiger partial charge in [0.25, 0.3) is 5.91 Å². The van der Waals surface area contributed by atoms with Crippen LogP contribution in [0.25, 0.3) is 6.08 Å². The number of esters is 1. The topological polar surface area (TPSA) is 103 Å². The van der Waals surface area contributed by atoms with E-state index in [1.165, 1.54) is 20.3 Å². The average molecular weight is 399 g/mol. The summed E-state index contributed by atoms with van der Waals surface area (Å²) in [5.41, 5.74) is 0.578. The number of hydrogen-bond acceptors (Lipinski definition) is 6. The summed E-state index contributed by atoms with van der Waals surface area (Å²) < 4.78 is 15.1. The Kier molecular flexibility index (Phi) is 9.74. The van der Waals surface area contributed by atoms with Gasteiger partial charge in [0.1, 0.15) is 0 Å². The number of carbonyl (C=O) groups excluding carboxylic acids is 3. The molecule has 1 rings (SSSR count). The van der Waals surface area contributed by atoms with Gasteiger partial charge in [-0.05, 0) is 30.2 Å². The first kappa shape index (κ1) is 22.3. The van der Waals surface area contributed by atoms with E-state index in [1.807, 2.05) is 6.92 Å². The summed E-state index contributed by atoms with van der Waals surface area (Å²) >= 11 is 6.08. The molecule has 0 saturated carbocycles. The van der Waals surface area contributed by atoms with E-state index in [1.54, 1.807) is 12.1 Å². The lowest BCUT2D eigenvalue weighted by molar-refractivity contribution is -0.143. The minimum Gasteiger partial charge on any atom is -0.493 e. The molecular formula is C18H23ClN2O6. The predicted molar refractivity (Wildman–Crippen MR) is 101 cm³/mol. The first-order valence-corrected chi connectivity index (χ1v) is 8.63. The summed E-state index contributed by atoms with van der Waals surface area (Å²) in [7, 11) is 2.93. The fourth-order valence-corrected chi connectivity index (χ4v) is 2.27. The van der Waals surface area contributed by atoms with Crippen molar-refractivity contribution in [2.45, 2.75) is 19.8 Å². The molecule has 0 aliphatic rings. The quantitative estimate of drug-likeness (QED) is 0.376. The van der Waals surface area contributed by atoms with Crippen LogP contribution in [0.2, 0.25) is 5.02 Å². The lowest BCUT2D eigenvalue weighted by atomic mass is 10.2. The van der Waals surface area contributed by atoms with E-state index in [9.17, 15) is 14.4 Å². The van der Waals surface area contributed by atoms with Crippen molar-refractivity contribution in [3.63, 3.8) is 0 Å². The maximum absolute atomic E-state index is 11.7. The molecule has 0 spiro atoms. The molecule has 0 aliphatic heterocycles. The third kappa shape index (κ3) is 8.00. The highest BCUT2D eigenvalue weighted by Gasteiger charge is 2.11. The summed E-state index contributed by atoms with van der Waals surface area (Å²) in [6, 6.07) is 2.59. The summed E-state index contributed by atoms with van der Waals surface area (Å²) in [5.74, 6) is -0.679. The molecule has 8 nitrogen and oxygen atoms in total. The van der Waals surface area contributed by atoms with Gasteiger partial charge in [0.2, 0.25) is 0 Å². The zero-order valence-corrected chi connectivity index (χ0v) is 16.2. The zero-order valence-electron chi connectivity index (χ0n) is 15.5. The average Bonchev–Trinajstić information content (AvgIpc) is 2.64. The normalized spacial score (nSPS) is 10.4. The molecule has 0 saturated heterocycles. The lowest BCUT2D eigenvalue weighted by Crippen LogP contribution is -2.41. The molecule has 27 heavy (non-hydrogen) atoms. The maximum Gasteiger partial charge on any atom is 0.331 e. The highest BCUT2D eigenvalue weighted by molar-refractivity contribution is 6.32. The minimum absolute atomic E-state index is 0.318. The van der Waals surface area contributed by atoms with Crippen LogP contribution in [-0.2, 0) is 14.3 Å². The van der Waals surface area contributed by atoms with Crippen molar-refractivity contribution in [2.75, 3.05) is 27.4 Å². The fourth-order valence-electron chi connectivity index (χ4n) is 1.97. The van der Waals surface area contributed by atoms with Crippen LogP contribution in [-0.4, -0.2) is 45.3 Å². The Hall–Kier alpha value is -2.74. The summed E-state index contributed by atoms with van der Waals surface area (Å²) in [5, 5.41) is 4.90. The Morgan fingerprint density at radius 1 is 1.19 bits per heavy atom. The Morgan fingerprint density at radius 2 is 1.93 bits per heavy atom. The number of methoxy groups -OCH3 is 2. The SMILES string of the molecule is CCCCNC(=O)NC(=O)COC(=O)/C=C/c1cc(Cl)c(OC)c(OC)c1. The smallest absolute Gasteiger partial charge is 0.331 e. The Bertz CT molecular complexity index is 705. The number of unbranched alkanes of at least 4 members (excludes halogenated alkanes) is 1. The third-order valence-electron chi connectivity index (χ3n) is 3.28. The summed E-state index contributed by atoms with van der Waals surface area (Å²) in [6.45, 7) is 1.87. The molecule has 0 aliphatic carbocycles. The van der Waals surface area contributed by atoms with Crippen molar-refractivity contribution >= 4 is 35.6 Å². The largest absolute Gasteiger partial charge is 0.493 e. The van der Waals surface area contributed by atoms with Crippen molar-refractivity contribution in [2.24, 2.45) is 0 Å². The van der Waals surface area contributed by atoms with Gasteiger partial charge in [-0.2, -0.15) is 0 Å². The molecule has 2 N–H and O–H groups in total. The van der Waals surface area contributed by atoms with Crippen LogP contribution >= 0.6 is 11.6 Å². The van der Waals surface area contributed by atoms with Gasteiger partial charge in [-0.15, -0.1) is 0 Å². The van der Waals surface area contributed by atoms with Gasteiger partial charge in [-0.1, -0.05) is 24.9 Å². The minimum atomic E-state index is -0.748. The molecule has 0 atom stereocenters. The number of hydrogen-bond donors (Lipinski definition) is 2. The van der Waals surface area contributed by atoms with E-state index < -0.39 is 24.5 Å². The molecule has 1 aromatic carbocycles. The van der Waals surface area contributed by atoms with Gasteiger partial charge >= 0.3 is 12.0 Å². The van der Waals surface area contributed by atoms with Crippen LogP contribution in [0.1, 0.15) is 25.3 Å². The molecule has 3 amide bonds. The zero-order chi connectivity index (χ0) is 20.2. The first-order chi connectivity index (χ1) is 12.9. The third-order valence-corrected chi connectivity index (χ3v) is 3.56. The summed E-state index contributed by atoms with van der Waals surface area (Å²) in [4.78, 5) is 34.6. The molecular weight excluding hydrogens is 376 g/mol. The molecule has 0 heterocycles. The van der Waals surface area contributed by atoms with Crippen LogP contribution in [0.15, 0.2) is 18.2 Å². The van der Waals surface area contributed by atoms with Gasteiger partial charge in [0.05, 0.1) is 19.2 Å². The van der Waals surface area contributed by atoms with Crippen molar-refractivity contribution in [1.82, 2.24) is 10.6 Å². The van der Waals surface area contributed by atoms with Crippen molar-refractivity contribution in [3.05, 3.63) is 28.8 Å². The highest BCUT2D eigenvalue weighted by atomic mass is 35.5. The van der Waals surface area contributed by atoms with Gasteiger partial charge in [-0.3, -0.25) is 10.1 Å². The van der Waals surface area contributed by atoms with E-state index in [4.69, 9.17) is 25.8 Å². The van der Waals surface area contributed by atoms with Crippen LogP contribution in [0.3, 0.4) is 0 Å². The molecule has 148 valence electrons. The molecule has 0 fully saturated rings.